The Hall–Kier alpha value is -6.16. The molecule has 276 valence electrons. The molecule has 10 nitrogen and oxygen atoms in total. The van der Waals surface area contributed by atoms with E-state index >= 15 is 0 Å². The monoisotopic (exact) mass is 716 g/mol. The van der Waals surface area contributed by atoms with Crippen molar-refractivity contribution in [3.63, 3.8) is 0 Å². The minimum Gasteiger partial charge on any atom is -0.497 e. The summed E-state index contributed by atoms with van der Waals surface area (Å²) in [6, 6.07) is 28.3. The van der Waals surface area contributed by atoms with E-state index in [1.807, 2.05) is 139 Å². The number of ether oxygens (including phenoxy) is 4. The van der Waals surface area contributed by atoms with Crippen molar-refractivity contribution in [2.45, 2.75) is 48.5 Å². The van der Waals surface area contributed by atoms with E-state index < -0.39 is 0 Å². The second-order valence-corrected chi connectivity index (χ2v) is 12.1. The van der Waals surface area contributed by atoms with E-state index in [-0.39, 0.29) is 25.0 Å². The standard InChI is InChI=1S/C21H22N2O3.C20H20N2O3.C2H6/c1-13-5-6-16(9-14(13)2)23-21(24)12-26-20-10-15(3)22-19-8-7-17(25-4)11-18(19)20;1-13-4-6-15(7-5-13)22-20(23)12-25-19-10-14(2)21-18-9-8-16(24-3)11-17(18)19;1-2/h5-11H,12H2,1-4H3,(H,23,24);4-11H,12H2,1-3H3,(H,22,23);1-2H3. The molecule has 0 fully saturated rings. The lowest BCUT2D eigenvalue weighted by Gasteiger charge is -2.12. The van der Waals surface area contributed by atoms with E-state index in [1.165, 1.54) is 5.56 Å². The van der Waals surface area contributed by atoms with Gasteiger partial charge in [-0.15, -0.1) is 0 Å². The number of rotatable bonds is 10. The lowest BCUT2D eigenvalue weighted by atomic mass is 10.1. The summed E-state index contributed by atoms with van der Waals surface area (Å²) < 4.78 is 22.1. The van der Waals surface area contributed by atoms with Crippen LogP contribution in [0.2, 0.25) is 0 Å². The van der Waals surface area contributed by atoms with E-state index in [9.17, 15) is 9.59 Å². The lowest BCUT2D eigenvalue weighted by Crippen LogP contribution is -2.20. The van der Waals surface area contributed by atoms with Gasteiger partial charge in [-0.05, 0) is 106 Å². The van der Waals surface area contributed by atoms with Crippen LogP contribution < -0.4 is 29.6 Å². The maximum atomic E-state index is 12.2. The number of nitrogens with zero attached hydrogens (tertiary/aromatic N) is 2. The second kappa shape index (κ2) is 18.9. The second-order valence-electron chi connectivity index (χ2n) is 12.1. The summed E-state index contributed by atoms with van der Waals surface area (Å²) in [4.78, 5) is 33.4. The van der Waals surface area contributed by atoms with Crippen molar-refractivity contribution in [2.24, 2.45) is 0 Å². The van der Waals surface area contributed by atoms with Crippen LogP contribution in [0.1, 0.15) is 41.9 Å². The molecule has 2 heterocycles. The number of hydrogen-bond acceptors (Lipinski definition) is 8. The highest BCUT2D eigenvalue weighted by molar-refractivity contribution is 5.94. The zero-order valence-electron chi connectivity index (χ0n) is 31.9. The van der Waals surface area contributed by atoms with Gasteiger partial charge in [-0.3, -0.25) is 19.6 Å². The first-order valence-electron chi connectivity index (χ1n) is 17.4. The molecule has 6 rings (SSSR count). The van der Waals surface area contributed by atoms with E-state index in [0.29, 0.717) is 23.0 Å². The third kappa shape index (κ3) is 11.2. The number of methoxy groups -OCH3 is 2. The van der Waals surface area contributed by atoms with Gasteiger partial charge in [0.2, 0.25) is 0 Å². The molecule has 0 atom stereocenters. The fraction of sp³-hybridized carbons (Fsp3) is 0.256. The molecule has 4 aromatic carbocycles. The van der Waals surface area contributed by atoms with Crippen LogP contribution in [0.5, 0.6) is 23.0 Å². The minimum absolute atomic E-state index is 0.0797. The molecule has 2 aromatic heterocycles. The molecule has 2 amide bonds. The molecule has 0 aliphatic rings. The quantitative estimate of drug-likeness (QED) is 0.144. The largest absolute Gasteiger partial charge is 0.497 e. The number of hydrogen-bond donors (Lipinski definition) is 2. The van der Waals surface area contributed by atoms with Gasteiger partial charge in [0.1, 0.15) is 23.0 Å². The number of pyridine rings is 2. The van der Waals surface area contributed by atoms with Gasteiger partial charge in [0.15, 0.2) is 13.2 Å². The summed E-state index contributed by atoms with van der Waals surface area (Å²) in [6.45, 7) is 13.7. The normalized spacial score (nSPS) is 10.3. The van der Waals surface area contributed by atoms with E-state index in [0.717, 1.165) is 55.7 Å². The van der Waals surface area contributed by atoms with Crippen molar-refractivity contribution < 1.29 is 28.5 Å². The van der Waals surface area contributed by atoms with Gasteiger partial charge in [-0.1, -0.05) is 37.6 Å². The predicted molar refractivity (Wildman–Crippen MR) is 213 cm³/mol. The number of aryl methyl sites for hydroxylation is 5. The van der Waals surface area contributed by atoms with Gasteiger partial charge < -0.3 is 29.6 Å². The highest BCUT2D eigenvalue weighted by Crippen LogP contribution is 2.30. The zero-order chi connectivity index (χ0) is 38.5. The maximum absolute atomic E-state index is 12.2. The van der Waals surface area contributed by atoms with Crippen LogP contribution in [0, 0.1) is 34.6 Å². The molecule has 53 heavy (non-hydrogen) atoms. The van der Waals surface area contributed by atoms with Crippen molar-refractivity contribution in [1.29, 1.82) is 0 Å². The van der Waals surface area contributed by atoms with Crippen molar-refractivity contribution in [2.75, 3.05) is 38.1 Å². The molecule has 0 aliphatic heterocycles. The predicted octanol–water partition coefficient (Wildman–Crippen LogP) is 9.09. The van der Waals surface area contributed by atoms with Crippen LogP contribution in [-0.2, 0) is 9.59 Å². The van der Waals surface area contributed by atoms with Gasteiger partial charge in [-0.2, -0.15) is 0 Å². The number of fused-ring (bicyclic) bond motifs is 2. The smallest absolute Gasteiger partial charge is 0.262 e. The van der Waals surface area contributed by atoms with Gasteiger partial charge in [-0.25, -0.2) is 0 Å². The van der Waals surface area contributed by atoms with E-state index in [2.05, 4.69) is 20.6 Å². The Morgan fingerprint density at radius 2 is 1.00 bits per heavy atom. The zero-order valence-corrected chi connectivity index (χ0v) is 31.9. The molecule has 2 N–H and O–H groups in total. The number of aromatic nitrogens is 2. The molecule has 0 bridgehead atoms. The summed E-state index contributed by atoms with van der Waals surface area (Å²) in [5.41, 5.74) is 8.22. The van der Waals surface area contributed by atoms with Crippen LogP contribution >= 0.6 is 0 Å². The van der Waals surface area contributed by atoms with Gasteiger partial charge >= 0.3 is 0 Å². The number of carbonyl (C=O) groups excluding carboxylic acids is 2. The number of anilines is 2. The van der Waals surface area contributed by atoms with Crippen LogP contribution in [0.4, 0.5) is 11.4 Å². The highest BCUT2D eigenvalue weighted by atomic mass is 16.5. The lowest BCUT2D eigenvalue weighted by molar-refractivity contribution is -0.118. The summed E-state index contributed by atoms with van der Waals surface area (Å²) in [5.74, 6) is 2.23. The topological polar surface area (TPSA) is 121 Å². The molecule has 0 aliphatic carbocycles. The van der Waals surface area contributed by atoms with E-state index in [1.54, 1.807) is 14.2 Å². The van der Waals surface area contributed by atoms with Crippen molar-refractivity contribution in [1.82, 2.24) is 9.97 Å². The molecule has 0 saturated carbocycles. The highest BCUT2D eigenvalue weighted by Gasteiger charge is 2.12. The third-order valence-corrected chi connectivity index (χ3v) is 8.06. The molecule has 0 spiro atoms. The number of nitrogens with one attached hydrogen (secondary N) is 2. The Labute approximate surface area is 311 Å². The molecular formula is C43H48N4O6. The maximum Gasteiger partial charge on any atom is 0.262 e. The van der Waals surface area contributed by atoms with Crippen LogP contribution in [0.15, 0.2) is 91.0 Å². The first-order chi connectivity index (χ1) is 25.5. The molecule has 6 aromatic rings. The Bertz CT molecular complexity index is 2180. The average molecular weight is 717 g/mol. The van der Waals surface area contributed by atoms with Gasteiger partial charge in [0.05, 0.1) is 25.3 Å². The first-order valence-corrected chi connectivity index (χ1v) is 17.4. The Kier molecular flexibility index (Phi) is 14.1. The van der Waals surface area contributed by atoms with Crippen molar-refractivity contribution in [3.05, 3.63) is 119 Å². The number of amides is 2. The van der Waals surface area contributed by atoms with Gasteiger partial charge in [0.25, 0.3) is 11.8 Å². The Balaban J connectivity index is 0.000000226. The number of carbonyl (C=O) groups is 2. The number of benzene rings is 4. The summed E-state index contributed by atoms with van der Waals surface area (Å²) in [7, 11) is 3.22. The summed E-state index contributed by atoms with van der Waals surface area (Å²) in [6.07, 6.45) is 0. The minimum atomic E-state index is -0.214. The average Bonchev–Trinajstić information content (AvgIpc) is 3.16. The van der Waals surface area contributed by atoms with Crippen molar-refractivity contribution >= 4 is 45.0 Å². The van der Waals surface area contributed by atoms with E-state index in [4.69, 9.17) is 18.9 Å². The first kappa shape index (κ1) is 39.6. The van der Waals surface area contributed by atoms with Crippen LogP contribution in [-0.4, -0.2) is 49.2 Å². The Morgan fingerprint density at radius 1 is 0.547 bits per heavy atom. The SMILES string of the molecule is CC.COc1ccc2nc(C)cc(OCC(=O)Nc3ccc(C)c(C)c3)c2c1.COc1ccc2nc(C)cc(OCC(=O)Nc3ccc(C)cc3)c2c1. The third-order valence-electron chi connectivity index (χ3n) is 8.06. The Morgan fingerprint density at radius 3 is 1.45 bits per heavy atom. The fourth-order valence-corrected chi connectivity index (χ4v) is 5.23. The van der Waals surface area contributed by atoms with Crippen LogP contribution in [0.25, 0.3) is 21.8 Å². The molecule has 10 heteroatoms. The van der Waals surface area contributed by atoms with Gasteiger partial charge in [0, 0.05) is 45.7 Å². The summed E-state index contributed by atoms with van der Waals surface area (Å²) in [5, 5.41) is 7.31. The van der Waals surface area contributed by atoms with Crippen molar-refractivity contribution in [3.8, 4) is 23.0 Å². The molecule has 0 unspecified atom stereocenters. The molecule has 0 radical (unpaired) electrons. The molecular weight excluding hydrogens is 668 g/mol. The fourth-order valence-electron chi connectivity index (χ4n) is 5.23. The van der Waals surface area contributed by atoms with Crippen LogP contribution in [0.3, 0.4) is 0 Å². The summed E-state index contributed by atoms with van der Waals surface area (Å²) >= 11 is 0. The molecule has 0 saturated heterocycles.